The van der Waals surface area contributed by atoms with Crippen LogP contribution in [-0.2, 0) is 0 Å². The predicted molar refractivity (Wildman–Crippen MR) is 44.2 cm³/mol. The van der Waals surface area contributed by atoms with Gasteiger partial charge in [-0.1, -0.05) is 6.92 Å². The number of imidazole rings is 1. The van der Waals surface area contributed by atoms with Gasteiger partial charge in [-0.3, -0.25) is 0 Å². The van der Waals surface area contributed by atoms with Crippen molar-refractivity contribution in [3.8, 4) is 0 Å². The van der Waals surface area contributed by atoms with E-state index in [0.29, 0.717) is 0 Å². The Hall–Kier alpha value is -1.32. The van der Waals surface area contributed by atoms with Gasteiger partial charge in [0.15, 0.2) is 0 Å². The van der Waals surface area contributed by atoms with Gasteiger partial charge in [0.1, 0.15) is 0 Å². The van der Waals surface area contributed by atoms with Crippen molar-refractivity contribution < 1.29 is 9.90 Å². The van der Waals surface area contributed by atoms with Crippen LogP contribution in [0.4, 0.5) is 0 Å². The maximum Gasteiger partial charge on any atom is 0.372 e. The number of hydrogen-bond acceptors (Lipinski definition) is 2. The summed E-state index contributed by atoms with van der Waals surface area (Å²) in [6.07, 6.45) is 4.10. The van der Waals surface area contributed by atoms with Gasteiger partial charge in [-0.05, 0) is 13.3 Å². The standard InChI is InChI=1S/C8H12N2O2/c1-3-6(2)10-5-4-9-7(10)8(11)12/h4-6H,3H2,1-2H3,(H,11,12). The molecule has 0 bridgehead atoms. The number of nitrogens with zero attached hydrogens (tertiary/aromatic N) is 2. The molecule has 66 valence electrons. The first-order chi connectivity index (χ1) is 5.66. The fourth-order valence-electron chi connectivity index (χ4n) is 1.03. The number of aromatic carboxylic acids is 1. The monoisotopic (exact) mass is 168 g/mol. The molecule has 0 aliphatic rings. The molecule has 0 fully saturated rings. The lowest BCUT2D eigenvalue weighted by Gasteiger charge is -2.11. The molecule has 12 heavy (non-hydrogen) atoms. The van der Waals surface area contributed by atoms with Gasteiger partial charge in [0, 0.05) is 18.4 Å². The van der Waals surface area contributed by atoms with E-state index in [9.17, 15) is 4.79 Å². The zero-order chi connectivity index (χ0) is 9.14. The number of aromatic nitrogens is 2. The van der Waals surface area contributed by atoms with Crippen molar-refractivity contribution in [2.24, 2.45) is 0 Å². The molecule has 1 aromatic heterocycles. The summed E-state index contributed by atoms with van der Waals surface area (Å²) in [7, 11) is 0. The van der Waals surface area contributed by atoms with Crippen LogP contribution in [-0.4, -0.2) is 20.6 Å². The molecule has 1 N–H and O–H groups in total. The second kappa shape index (κ2) is 3.38. The van der Waals surface area contributed by atoms with Crippen molar-refractivity contribution in [1.82, 2.24) is 9.55 Å². The zero-order valence-electron chi connectivity index (χ0n) is 7.19. The fraction of sp³-hybridized carbons (Fsp3) is 0.500. The molecule has 4 nitrogen and oxygen atoms in total. The van der Waals surface area contributed by atoms with Gasteiger partial charge in [0.2, 0.25) is 5.82 Å². The third-order valence-corrected chi connectivity index (χ3v) is 1.93. The minimum atomic E-state index is -0.972. The Bertz CT molecular complexity index is 280. The smallest absolute Gasteiger partial charge is 0.372 e. The maximum atomic E-state index is 10.6. The van der Waals surface area contributed by atoms with Crippen molar-refractivity contribution >= 4 is 5.97 Å². The molecule has 0 saturated carbocycles. The Balaban J connectivity index is 2.98. The first-order valence-corrected chi connectivity index (χ1v) is 3.93. The van der Waals surface area contributed by atoms with Crippen LogP contribution in [0.15, 0.2) is 12.4 Å². The molecule has 0 aliphatic carbocycles. The molecule has 0 radical (unpaired) electrons. The summed E-state index contributed by atoms with van der Waals surface area (Å²) in [6.45, 7) is 3.98. The van der Waals surface area contributed by atoms with E-state index in [2.05, 4.69) is 4.98 Å². The molecule has 0 amide bonds. The number of carbonyl (C=O) groups is 1. The Kier molecular flexibility index (Phi) is 2.47. The van der Waals surface area contributed by atoms with E-state index in [-0.39, 0.29) is 11.9 Å². The highest BCUT2D eigenvalue weighted by atomic mass is 16.4. The fourth-order valence-corrected chi connectivity index (χ4v) is 1.03. The lowest BCUT2D eigenvalue weighted by molar-refractivity contribution is 0.0675. The highest BCUT2D eigenvalue weighted by Crippen LogP contribution is 2.11. The lowest BCUT2D eigenvalue weighted by Crippen LogP contribution is -2.12. The molecule has 0 aromatic carbocycles. The SMILES string of the molecule is CCC(C)n1ccnc1C(=O)O. The maximum absolute atomic E-state index is 10.6. The summed E-state index contributed by atoms with van der Waals surface area (Å²) in [6, 6.07) is 0.193. The Morgan fingerprint density at radius 1 is 1.83 bits per heavy atom. The van der Waals surface area contributed by atoms with E-state index in [4.69, 9.17) is 5.11 Å². The highest BCUT2D eigenvalue weighted by Gasteiger charge is 2.13. The van der Waals surface area contributed by atoms with Crippen LogP contribution in [0.3, 0.4) is 0 Å². The number of carboxylic acid groups (broad SMARTS) is 1. The normalized spacial score (nSPS) is 12.8. The van der Waals surface area contributed by atoms with Gasteiger partial charge in [-0.25, -0.2) is 9.78 Å². The van der Waals surface area contributed by atoms with E-state index in [1.54, 1.807) is 10.8 Å². The van der Waals surface area contributed by atoms with Crippen LogP contribution in [0.5, 0.6) is 0 Å². The zero-order valence-corrected chi connectivity index (χ0v) is 7.19. The van der Waals surface area contributed by atoms with Crippen LogP contribution >= 0.6 is 0 Å². The van der Waals surface area contributed by atoms with E-state index in [1.165, 1.54) is 6.20 Å². The Labute approximate surface area is 70.9 Å². The van der Waals surface area contributed by atoms with Gasteiger partial charge in [0.25, 0.3) is 0 Å². The topological polar surface area (TPSA) is 55.1 Å². The minimum absolute atomic E-state index is 0.115. The van der Waals surface area contributed by atoms with E-state index in [1.807, 2.05) is 13.8 Å². The van der Waals surface area contributed by atoms with E-state index in [0.717, 1.165) is 6.42 Å². The van der Waals surface area contributed by atoms with Gasteiger partial charge >= 0.3 is 5.97 Å². The number of carboxylic acids is 1. The summed E-state index contributed by atoms with van der Waals surface area (Å²) in [5, 5.41) is 8.72. The molecule has 0 saturated heterocycles. The summed E-state index contributed by atoms with van der Waals surface area (Å²) in [5.41, 5.74) is 0. The minimum Gasteiger partial charge on any atom is -0.475 e. The molecule has 4 heteroatoms. The van der Waals surface area contributed by atoms with Crippen molar-refractivity contribution in [1.29, 1.82) is 0 Å². The molecular weight excluding hydrogens is 156 g/mol. The quantitative estimate of drug-likeness (QED) is 0.745. The van der Waals surface area contributed by atoms with Crippen LogP contribution in [0.25, 0.3) is 0 Å². The van der Waals surface area contributed by atoms with Gasteiger partial charge in [-0.2, -0.15) is 0 Å². The van der Waals surface area contributed by atoms with Crippen molar-refractivity contribution in [3.63, 3.8) is 0 Å². The lowest BCUT2D eigenvalue weighted by atomic mass is 10.2. The van der Waals surface area contributed by atoms with Crippen LogP contribution in [0.1, 0.15) is 36.9 Å². The van der Waals surface area contributed by atoms with Crippen LogP contribution in [0.2, 0.25) is 0 Å². The van der Waals surface area contributed by atoms with Crippen molar-refractivity contribution in [2.45, 2.75) is 26.3 Å². The predicted octanol–water partition coefficient (Wildman–Crippen LogP) is 1.55. The first kappa shape index (κ1) is 8.77. The largest absolute Gasteiger partial charge is 0.475 e. The van der Waals surface area contributed by atoms with Crippen LogP contribution in [0, 0.1) is 0 Å². The average molecular weight is 168 g/mol. The second-order valence-electron chi connectivity index (χ2n) is 2.72. The summed E-state index contributed by atoms with van der Waals surface area (Å²) < 4.78 is 1.67. The summed E-state index contributed by atoms with van der Waals surface area (Å²) in [5.74, 6) is -0.857. The highest BCUT2D eigenvalue weighted by molar-refractivity contribution is 5.83. The number of rotatable bonds is 3. The van der Waals surface area contributed by atoms with E-state index >= 15 is 0 Å². The molecule has 0 aliphatic heterocycles. The molecule has 1 unspecified atom stereocenters. The summed E-state index contributed by atoms with van der Waals surface area (Å²) in [4.78, 5) is 14.4. The van der Waals surface area contributed by atoms with Crippen molar-refractivity contribution in [2.75, 3.05) is 0 Å². The second-order valence-corrected chi connectivity index (χ2v) is 2.72. The average Bonchev–Trinajstić information content (AvgIpc) is 2.50. The molecule has 1 atom stereocenters. The Morgan fingerprint density at radius 2 is 2.50 bits per heavy atom. The van der Waals surface area contributed by atoms with Gasteiger partial charge < -0.3 is 9.67 Å². The van der Waals surface area contributed by atoms with Crippen molar-refractivity contribution in [3.05, 3.63) is 18.2 Å². The molecule has 1 rings (SSSR count). The van der Waals surface area contributed by atoms with Crippen LogP contribution < -0.4 is 0 Å². The third kappa shape index (κ3) is 1.47. The molecule has 0 spiro atoms. The third-order valence-electron chi connectivity index (χ3n) is 1.93. The Morgan fingerprint density at radius 3 is 3.00 bits per heavy atom. The number of hydrogen-bond donors (Lipinski definition) is 1. The molecule has 1 heterocycles. The van der Waals surface area contributed by atoms with Gasteiger partial charge in [-0.15, -0.1) is 0 Å². The first-order valence-electron chi connectivity index (χ1n) is 3.93. The molecule has 1 aromatic rings. The van der Waals surface area contributed by atoms with Gasteiger partial charge in [0.05, 0.1) is 0 Å². The van der Waals surface area contributed by atoms with E-state index < -0.39 is 5.97 Å². The molecular formula is C8H12N2O2. The summed E-state index contributed by atoms with van der Waals surface area (Å²) >= 11 is 0.